The highest BCUT2D eigenvalue weighted by atomic mass is 16.1. The Bertz CT molecular complexity index is 523. The number of hydrogen-bond acceptors (Lipinski definition) is 3. The lowest BCUT2D eigenvalue weighted by Gasteiger charge is -2.19. The summed E-state index contributed by atoms with van der Waals surface area (Å²) in [6.45, 7) is 5.18. The van der Waals surface area contributed by atoms with Crippen molar-refractivity contribution < 1.29 is 4.79 Å². The molecule has 2 rings (SSSR count). The molecule has 0 aliphatic heterocycles. The van der Waals surface area contributed by atoms with Crippen LogP contribution in [0.15, 0.2) is 24.3 Å². The maximum Gasteiger partial charge on any atom is 0.251 e. The van der Waals surface area contributed by atoms with Gasteiger partial charge in [-0.05, 0) is 43.7 Å². The second-order valence-electron chi connectivity index (χ2n) is 5.20. The summed E-state index contributed by atoms with van der Waals surface area (Å²) in [6.07, 6.45) is 2.60. The van der Waals surface area contributed by atoms with Crippen LogP contribution in [0.5, 0.6) is 0 Å². The van der Waals surface area contributed by atoms with Gasteiger partial charge in [-0.25, -0.2) is 0 Å². The van der Waals surface area contributed by atoms with Crippen molar-refractivity contribution in [3.05, 3.63) is 35.4 Å². The lowest BCUT2D eigenvalue weighted by molar-refractivity contribution is 0.0948. The van der Waals surface area contributed by atoms with E-state index in [1.807, 2.05) is 12.1 Å². The predicted octanol–water partition coefficient (Wildman–Crippen LogP) is 1.21. The second-order valence-corrected chi connectivity index (χ2v) is 5.20. The molecule has 1 aliphatic carbocycles. The number of carbonyl (C=O) groups excluding carboxylic acids is 1. The minimum atomic E-state index is -0.0276. The molecule has 0 aromatic heterocycles. The third-order valence-corrected chi connectivity index (χ3v) is 3.64. The maximum absolute atomic E-state index is 12.0. The van der Waals surface area contributed by atoms with Gasteiger partial charge >= 0.3 is 0 Å². The van der Waals surface area contributed by atoms with E-state index >= 15 is 0 Å². The summed E-state index contributed by atoms with van der Waals surface area (Å²) < 4.78 is 0. The van der Waals surface area contributed by atoms with E-state index in [0.717, 1.165) is 24.7 Å². The van der Waals surface area contributed by atoms with Crippen molar-refractivity contribution in [2.75, 3.05) is 26.2 Å². The largest absolute Gasteiger partial charge is 0.351 e. The molecule has 1 fully saturated rings. The molecule has 1 aliphatic rings. The number of carbonyl (C=O) groups is 1. The van der Waals surface area contributed by atoms with Gasteiger partial charge in [0.15, 0.2) is 0 Å². The van der Waals surface area contributed by atoms with Crippen LogP contribution in [0.1, 0.15) is 35.7 Å². The van der Waals surface area contributed by atoms with Crippen LogP contribution in [0.2, 0.25) is 0 Å². The molecule has 4 nitrogen and oxygen atoms in total. The first-order valence-electron chi connectivity index (χ1n) is 7.56. The molecule has 0 spiro atoms. The van der Waals surface area contributed by atoms with E-state index in [9.17, 15) is 4.79 Å². The molecule has 0 unspecified atom stereocenters. The highest BCUT2D eigenvalue weighted by Gasteiger charge is 2.27. The molecular weight excluding hydrogens is 262 g/mol. The van der Waals surface area contributed by atoms with Crippen molar-refractivity contribution in [1.82, 2.24) is 10.2 Å². The predicted molar refractivity (Wildman–Crippen MR) is 85.0 cm³/mol. The fourth-order valence-electron chi connectivity index (χ4n) is 2.31. The first kappa shape index (κ1) is 15.6. The van der Waals surface area contributed by atoms with Gasteiger partial charge < -0.3 is 11.1 Å². The van der Waals surface area contributed by atoms with Crippen LogP contribution in [0, 0.1) is 11.8 Å². The van der Waals surface area contributed by atoms with Gasteiger partial charge in [0.05, 0.1) is 6.54 Å². The van der Waals surface area contributed by atoms with Crippen LogP contribution in [0.4, 0.5) is 0 Å². The van der Waals surface area contributed by atoms with Crippen molar-refractivity contribution in [2.45, 2.75) is 25.8 Å². The number of amides is 1. The Morgan fingerprint density at radius 2 is 2.10 bits per heavy atom. The Morgan fingerprint density at radius 1 is 1.38 bits per heavy atom. The Morgan fingerprint density at radius 3 is 2.67 bits per heavy atom. The molecule has 1 saturated carbocycles. The number of nitrogens with two attached hydrogens (primary N) is 1. The summed E-state index contributed by atoms with van der Waals surface area (Å²) in [4.78, 5) is 14.5. The van der Waals surface area contributed by atoms with Gasteiger partial charge in [-0.3, -0.25) is 9.69 Å². The molecule has 1 aromatic carbocycles. The minimum absolute atomic E-state index is 0.0276. The van der Waals surface area contributed by atoms with E-state index in [1.54, 1.807) is 12.1 Å². The highest BCUT2D eigenvalue weighted by molar-refractivity contribution is 5.94. The van der Waals surface area contributed by atoms with Crippen molar-refractivity contribution >= 4 is 5.91 Å². The summed E-state index contributed by atoms with van der Waals surface area (Å²) in [7, 11) is 0. The van der Waals surface area contributed by atoms with Crippen molar-refractivity contribution in [3.63, 3.8) is 0 Å². The SMILES string of the molecule is CCN(CCNC(=O)c1ccc(C#CCN)cc1)C1CC1. The van der Waals surface area contributed by atoms with E-state index in [-0.39, 0.29) is 5.91 Å². The molecule has 0 saturated heterocycles. The lowest BCUT2D eigenvalue weighted by Crippen LogP contribution is -2.36. The molecule has 3 N–H and O–H groups in total. The van der Waals surface area contributed by atoms with E-state index in [0.29, 0.717) is 18.7 Å². The zero-order valence-corrected chi connectivity index (χ0v) is 12.6. The highest BCUT2D eigenvalue weighted by Crippen LogP contribution is 2.25. The van der Waals surface area contributed by atoms with Crippen molar-refractivity contribution in [1.29, 1.82) is 0 Å². The molecule has 1 amide bonds. The summed E-state index contributed by atoms with van der Waals surface area (Å²) in [6, 6.07) is 8.04. The standard InChI is InChI=1S/C17H23N3O/c1-2-20(16-9-10-16)13-12-19-17(21)15-7-5-14(6-8-15)4-3-11-18/h5-8,16H,2,9-13,18H2,1H3,(H,19,21). The second kappa shape index (κ2) is 7.82. The van der Waals surface area contributed by atoms with Gasteiger partial charge in [0.1, 0.15) is 0 Å². The third kappa shape index (κ3) is 4.89. The zero-order valence-electron chi connectivity index (χ0n) is 12.6. The topological polar surface area (TPSA) is 58.4 Å². The number of likely N-dealkylation sites (N-methyl/N-ethyl adjacent to an activating group) is 1. The number of nitrogens with zero attached hydrogens (tertiary/aromatic N) is 1. The monoisotopic (exact) mass is 285 g/mol. The first-order valence-corrected chi connectivity index (χ1v) is 7.56. The molecule has 0 atom stereocenters. The van der Waals surface area contributed by atoms with Gasteiger partial charge in [0, 0.05) is 30.3 Å². The van der Waals surface area contributed by atoms with Gasteiger partial charge in [0.25, 0.3) is 5.91 Å². The summed E-state index contributed by atoms with van der Waals surface area (Å²) in [5.74, 6) is 5.71. The van der Waals surface area contributed by atoms with Crippen LogP contribution in [-0.4, -0.2) is 43.0 Å². The number of benzene rings is 1. The van der Waals surface area contributed by atoms with E-state index in [4.69, 9.17) is 5.73 Å². The molecule has 1 aromatic rings. The zero-order chi connectivity index (χ0) is 15.1. The lowest BCUT2D eigenvalue weighted by atomic mass is 10.1. The van der Waals surface area contributed by atoms with Crippen LogP contribution < -0.4 is 11.1 Å². The molecule has 0 heterocycles. The van der Waals surface area contributed by atoms with Crippen molar-refractivity contribution in [3.8, 4) is 11.8 Å². The third-order valence-electron chi connectivity index (χ3n) is 3.64. The molecule has 21 heavy (non-hydrogen) atoms. The fraction of sp³-hybridized carbons (Fsp3) is 0.471. The fourth-order valence-corrected chi connectivity index (χ4v) is 2.31. The quantitative estimate of drug-likeness (QED) is 0.773. The van der Waals surface area contributed by atoms with Gasteiger partial charge in [-0.1, -0.05) is 18.8 Å². The number of rotatable bonds is 6. The molecule has 4 heteroatoms. The van der Waals surface area contributed by atoms with E-state index < -0.39 is 0 Å². The minimum Gasteiger partial charge on any atom is -0.351 e. The van der Waals surface area contributed by atoms with Crippen LogP contribution >= 0.6 is 0 Å². The Labute approximate surface area is 126 Å². The Kier molecular flexibility index (Phi) is 5.79. The smallest absolute Gasteiger partial charge is 0.251 e. The number of nitrogens with one attached hydrogen (secondary N) is 1. The Hall–Kier alpha value is -1.83. The average Bonchev–Trinajstić information content (AvgIpc) is 3.34. The summed E-state index contributed by atoms with van der Waals surface area (Å²) in [5.41, 5.74) is 6.88. The van der Waals surface area contributed by atoms with Crippen LogP contribution in [0.25, 0.3) is 0 Å². The van der Waals surface area contributed by atoms with E-state index in [1.165, 1.54) is 12.8 Å². The normalized spacial score (nSPS) is 13.7. The first-order chi connectivity index (χ1) is 10.2. The molecule has 0 radical (unpaired) electrons. The van der Waals surface area contributed by atoms with Crippen LogP contribution in [0.3, 0.4) is 0 Å². The van der Waals surface area contributed by atoms with Gasteiger partial charge in [-0.2, -0.15) is 0 Å². The van der Waals surface area contributed by atoms with Gasteiger partial charge in [-0.15, -0.1) is 0 Å². The van der Waals surface area contributed by atoms with Crippen LogP contribution in [-0.2, 0) is 0 Å². The molecule has 112 valence electrons. The number of hydrogen-bond donors (Lipinski definition) is 2. The molecule has 0 bridgehead atoms. The van der Waals surface area contributed by atoms with Crippen molar-refractivity contribution in [2.24, 2.45) is 5.73 Å². The summed E-state index contributed by atoms with van der Waals surface area (Å²) in [5, 5.41) is 2.97. The van der Waals surface area contributed by atoms with Gasteiger partial charge in [0.2, 0.25) is 0 Å². The average molecular weight is 285 g/mol. The molecular formula is C17H23N3O. The Balaban J connectivity index is 1.79. The summed E-state index contributed by atoms with van der Waals surface area (Å²) >= 11 is 0. The maximum atomic E-state index is 12.0. The van der Waals surface area contributed by atoms with E-state index in [2.05, 4.69) is 29.0 Å².